The molecule has 1 aliphatic rings. The van der Waals surface area contributed by atoms with E-state index in [9.17, 15) is 0 Å². The largest absolute Gasteiger partial charge is 0.351 e. The SMILES string of the molecule is Cc1nc(N2CC(n3cccn3)C2)c2cnn(-c3ccccc3)c2n1. The van der Waals surface area contributed by atoms with Crippen molar-refractivity contribution < 1.29 is 0 Å². The topological polar surface area (TPSA) is 64.7 Å². The quantitative estimate of drug-likeness (QED) is 0.577. The molecular formula is C18H17N7. The van der Waals surface area contributed by atoms with Crippen molar-refractivity contribution in [1.29, 1.82) is 0 Å². The molecule has 1 fully saturated rings. The Morgan fingerprint density at radius 2 is 1.84 bits per heavy atom. The van der Waals surface area contributed by atoms with Crippen LogP contribution in [-0.4, -0.2) is 42.6 Å². The van der Waals surface area contributed by atoms with E-state index < -0.39 is 0 Å². The second-order valence-corrected chi connectivity index (χ2v) is 6.27. The van der Waals surface area contributed by atoms with Crippen molar-refractivity contribution in [3.05, 3.63) is 60.8 Å². The van der Waals surface area contributed by atoms with Crippen LogP contribution in [0.2, 0.25) is 0 Å². The van der Waals surface area contributed by atoms with Crippen LogP contribution in [0.4, 0.5) is 5.82 Å². The Morgan fingerprint density at radius 1 is 1.00 bits per heavy atom. The Morgan fingerprint density at radius 3 is 2.60 bits per heavy atom. The van der Waals surface area contributed by atoms with Crippen molar-refractivity contribution in [2.75, 3.05) is 18.0 Å². The molecule has 1 aliphatic heterocycles. The summed E-state index contributed by atoms with van der Waals surface area (Å²) in [5.74, 6) is 1.70. The molecule has 0 spiro atoms. The molecule has 0 bridgehead atoms. The highest BCUT2D eigenvalue weighted by Gasteiger charge is 2.31. The Labute approximate surface area is 144 Å². The number of anilines is 1. The maximum atomic E-state index is 4.68. The molecule has 0 saturated carbocycles. The predicted octanol–water partition coefficient (Wildman–Crippen LogP) is 2.38. The van der Waals surface area contributed by atoms with Crippen molar-refractivity contribution in [3.8, 4) is 5.69 Å². The molecule has 3 aromatic heterocycles. The van der Waals surface area contributed by atoms with Crippen molar-refractivity contribution in [2.45, 2.75) is 13.0 Å². The third-order valence-corrected chi connectivity index (χ3v) is 4.58. The monoisotopic (exact) mass is 331 g/mol. The van der Waals surface area contributed by atoms with Gasteiger partial charge in [-0.2, -0.15) is 10.2 Å². The predicted molar refractivity (Wildman–Crippen MR) is 94.9 cm³/mol. The lowest BCUT2D eigenvalue weighted by Crippen LogP contribution is -2.48. The van der Waals surface area contributed by atoms with Gasteiger partial charge in [-0.1, -0.05) is 18.2 Å². The maximum absolute atomic E-state index is 4.68. The summed E-state index contributed by atoms with van der Waals surface area (Å²) in [4.78, 5) is 11.6. The van der Waals surface area contributed by atoms with Crippen LogP contribution in [0.1, 0.15) is 11.9 Å². The molecule has 1 aromatic carbocycles. The van der Waals surface area contributed by atoms with Crippen LogP contribution in [0.5, 0.6) is 0 Å². The molecular weight excluding hydrogens is 314 g/mol. The maximum Gasteiger partial charge on any atom is 0.168 e. The smallest absolute Gasteiger partial charge is 0.168 e. The van der Waals surface area contributed by atoms with Crippen molar-refractivity contribution in [3.63, 3.8) is 0 Å². The molecule has 1 saturated heterocycles. The highest BCUT2D eigenvalue weighted by Crippen LogP contribution is 2.31. The minimum Gasteiger partial charge on any atom is -0.351 e. The molecule has 0 unspecified atom stereocenters. The summed E-state index contributed by atoms with van der Waals surface area (Å²) in [6.45, 7) is 3.71. The molecule has 7 heteroatoms. The van der Waals surface area contributed by atoms with Crippen LogP contribution in [0.15, 0.2) is 55.0 Å². The van der Waals surface area contributed by atoms with Gasteiger partial charge < -0.3 is 4.90 Å². The van der Waals surface area contributed by atoms with Gasteiger partial charge in [-0.25, -0.2) is 14.6 Å². The lowest BCUT2D eigenvalue weighted by atomic mass is 10.1. The Kier molecular flexibility index (Phi) is 3.06. The fraction of sp³-hybridized carbons (Fsp3) is 0.222. The molecule has 4 aromatic rings. The fourth-order valence-corrected chi connectivity index (χ4v) is 3.29. The van der Waals surface area contributed by atoms with Gasteiger partial charge in [0.05, 0.1) is 23.3 Å². The number of hydrogen-bond donors (Lipinski definition) is 0. The van der Waals surface area contributed by atoms with E-state index in [1.54, 1.807) is 0 Å². The first-order valence-electron chi connectivity index (χ1n) is 8.31. The van der Waals surface area contributed by atoms with Gasteiger partial charge in [-0.05, 0) is 25.1 Å². The van der Waals surface area contributed by atoms with Gasteiger partial charge in [-0.15, -0.1) is 0 Å². The molecule has 0 atom stereocenters. The van der Waals surface area contributed by atoms with Crippen LogP contribution in [-0.2, 0) is 0 Å². The Balaban J connectivity index is 1.53. The Bertz CT molecular complexity index is 1010. The summed E-state index contributed by atoms with van der Waals surface area (Å²) >= 11 is 0. The van der Waals surface area contributed by atoms with Crippen molar-refractivity contribution in [2.24, 2.45) is 0 Å². The number of nitrogens with zero attached hydrogens (tertiary/aromatic N) is 7. The van der Waals surface area contributed by atoms with Gasteiger partial charge in [0.15, 0.2) is 5.65 Å². The Hall–Kier alpha value is -3.22. The summed E-state index contributed by atoms with van der Waals surface area (Å²) in [7, 11) is 0. The van der Waals surface area contributed by atoms with Crippen LogP contribution in [0, 0.1) is 6.92 Å². The summed E-state index contributed by atoms with van der Waals surface area (Å²) in [5.41, 5.74) is 1.84. The summed E-state index contributed by atoms with van der Waals surface area (Å²) in [6, 6.07) is 12.4. The minimum absolute atomic E-state index is 0.393. The molecule has 0 radical (unpaired) electrons. The molecule has 0 N–H and O–H groups in total. The van der Waals surface area contributed by atoms with E-state index in [2.05, 4.69) is 25.1 Å². The van der Waals surface area contributed by atoms with Gasteiger partial charge in [0.1, 0.15) is 11.6 Å². The average molecular weight is 331 g/mol. The van der Waals surface area contributed by atoms with Crippen molar-refractivity contribution in [1.82, 2.24) is 29.5 Å². The second kappa shape index (κ2) is 5.41. The van der Waals surface area contributed by atoms with E-state index in [1.165, 1.54) is 0 Å². The van der Waals surface area contributed by atoms with E-state index in [4.69, 9.17) is 0 Å². The first-order chi connectivity index (χ1) is 12.3. The minimum atomic E-state index is 0.393. The molecule has 5 rings (SSSR count). The molecule has 0 amide bonds. The van der Waals surface area contributed by atoms with Crippen LogP contribution in [0.25, 0.3) is 16.7 Å². The van der Waals surface area contributed by atoms with Gasteiger partial charge in [-0.3, -0.25) is 4.68 Å². The van der Waals surface area contributed by atoms with Gasteiger partial charge >= 0.3 is 0 Å². The first-order valence-corrected chi connectivity index (χ1v) is 8.31. The average Bonchev–Trinajstić information content (AvgIpc) is 3.24. The third-order valence-electron chi connectivity index (χ3n) is 4.58. The van der Waals surface area contributed by atoms with Gasteiger partial charge in [0.2, 0.25) is 0 Å². The highest BCUT2D eigenvalue weighted by molar-refractivity contribution is 5.88. The standard InChI is InChI=1S/C18H17N7/c1-13-21-17(23-11-15(12-23)24-9-5-8-19-24)16-10-20-25(18(16)22-13)14-6-3-2-4-7-14/h2-10,15H,11-12H2,1H3. The molecule has 7 nitrogen and oxygen atoms in total. The molecule has 124 valence electrons. The molecule has 4 heterocycles. The highest BCUT2D eigenvalue weighted by atomic mass is 15.4. The summed E-state index contributed by atoms with van der Waals surface area (Å²) in [5, 5.41) is 9.86. The molecule has 25 heavy (non-hydrogen) atoms. The summed E-state index contributed by atoms with van der Waals surface area (Å²) < 4.78 is 3.88. The van der Waals surface area contributed by atoms with Crippen LogP contribution in [0.3, 0.4) is 0 Å². The zero-order chi connectivity index (χ0) is 16.8. The van der Waals surface area contributed by atoms with Crippen LogP contribution < -0.4 is 4.90 Å². The van der Waals surface area contributed by atoms with E-state index >= 15 is 0 Å². The van der Waals surface area contributed by atoms with E-state index in [0.717, 1.165) is 41.5 Å². The number of benzene rings is 1. The molecule has 0 aliphatic carbocycles. The zero-order valence-corrected chi connectivity index (χ0v) is 13.8. The van der Waals surface area contributed by atoms with E-state index in [-0.39, 0.29) is 0 Å². The van der Waals surface area contributed by atoms with Gasteiger partial charge in [0.25, 0.3) is 0 Å². The number of fused-ring (bicyclic) bond motifs is 1. The normalized spacial score (nSPS) is 14.8. The second-order valence-electron chi connectivity index (χ2n) is 6.27. The number of rotatable bonds is 3. The number of para-hydroxylation sites is 1. The fourth-order valence-electron chi connectivity index (χ4n) is 3.29. The van der Waals surface area contributed by atoms with Crippen molar-refractivity contribution >= 4 is 16.9 Å². The number of aromatic nitrogens is 6. The lowest BCUT2D eigenvalue weighted by molar-refractivity contribution is 0.366. The zero-order valence-electron chi connectivity index (χ0n) is 13.8. The van der Waals surface area contributed by atoms with E-state index in [0.29, 0.717) is 6.04 Å². The number of aryl methyl sites for hydroxylation is 1. The lowest BCUT2D eigenvalue weighted by Gasteiger charge is -2.40. The number of hydrogen-bond acceptors (Lipinski definition) is 5. The van der Waals surface area contributed by atoms with Gasteiger partial charge in [0, 0.05) is 25.5 Å². The van der Waals surface area contributed by atoms with Crippen LogP contribution >= 0.6 is 0 Å². The third kappa shape index (κ3) is 2.27. The van der Waals surface area contributed by atoms with E-state index in [1.807, 2.05) is 71.3 Å². The first kappa shape index (κ1) is 14.2. The summed E-state index contributed by atoms with van der Waals surface area (Å²) in [6.07, 6.45) is 5.69.